The van der Waals surface area contributed by atoms with E-state index in [0.29, 0.717) is 25.7 Å². The predicted molar refractivity (Wildman–Crippen MR) is 88.1 cm³/mol. The molecule has 1 aliphatic heterocycles. The molecule has 0 amide bonds. The number of hydrogen-bond acceptors (Lipinski definition) is 4. The van der Waals surface area contributed by atoms with Crippen molar-refractivity contribution >= 4 is 21.6 Å². The van der Waals surface area contributed by atoms with Crippen LogP contribution in [0.5, 0.6) is 0 Å². The van der Waals surface area contributed by atoms with Gasteiger partial charge >= 0.3 is 6.18 Å². The molecule has 0 spiro atoms. The molecular weight excluding hydrogens is 381 g/mol. The van der Waals surface area contributed by atoms with E-state index < -0.39 is 31.7 Å². The molecule has 0 saturated carbocycles. The van der Waals surface area contributed by atoms with E-state index in [2.05, 4.69) is 4.72 Å². The van der Waals surface area contributed by atoms with Crippen molar-refractivity contribution in [2.45, 2.75) is 37.1 Å². The molecule has 0 radical (unpaired) electrons. The largest absolute Gasteiger partial charge is 0.417 e. The quantitative estimate of drug-likeness (QED) is 0.825. The van der Waals surface area contributed by atoms with Crippen LogP contribution in [-0.4, -0.2) is 51.7 Å². The second-order valence-corrected chi connectivity index (χ2v) is 8.23. The monoisotopic (exact) mass is 400 g/mol. The highest BCUT2D eigenvalue weighted by molar-refractivity contribution is 7.89. The van der Waals surface area contributed by atoms with Crippen LogP contribution in [0.2, 0.25) is 5.02 Å². The van der Waals surface area contributed by atoms with E-state index in [9.17, 15) is 21.6 Å². The highest BCUT2D eigenvalue weighted by Gasteiger charge is 2.34. The first-order valence-corrected chi connectivity index (χ1v) is 9.59. The molecule has 142 valence electrons. The molecule has 0 bridgehead atoms. The number of alkyl halides is 3. The molecule has 25 heavy (non-hydrogen) atoms. The van der Waals surface area contributed by atoms with E-state index in [-0.39, 0.29) is 18.8 Å². The van der Waals surface area contributed by atoms with Crippen molar-refractivity contribution in [3.63, 3.8) is 0 Å². The zero-order chi connectivity index (χ0) is 18.8. The summed E-state index contributed by atoms with van der Waals surface area (Å²) in [5.74, 6) is 0. The molecule has 2 unspecified atom stereocenters. The third-order valence-corrected chi connectivity index (χ3v) is 5.56. The summed E-state index contributed by atoms with van der Waals surface area (Å²) in [6, 6.07) is 2.53. The number of ether oxygens (including phenoxy) is 1. The minimum Gasteiger partial charge on any atom is -0.373 e. The summed E-state index contributed by atoms with van der Waals surface area (Å²) in [6.07, 6.45) is -4.63. The fraction of sp³-hybridized carbons (Fsp3) is 0.600. The summed E-state index contributed by atoms with van der Waals surface area (Å²) in [7, 11) is -4.05. The minimum absolute atomic E-state index is 0.0472. The number of halogens is 4. The fourth-order valence-electron chi connectivity index (χ4n) is 2.78. The lowest BCUT2D eigenvalue weighted by Crippen LogP contribution is -2.47. The Labute approximate surface area is 150 Å². The summed E-state index contributed by atoms with van der Waals surface area (Å²) in [4.78, 5) is 1.58. The number of nitrogens with one attached hydrogen (secondary N) is 1. The standard InChI is InChI=1S/C15H20ClF3N2O3S/c1-10-8-21(9-11(2)24-10)6-5-20-25(22,23)12-3-4-14(16)13(7-12)15(17,18)19/h3-4,7,10-11,20H,5-6,8-9H2,1-2H3. The third kappa shape index (κ3) is 5.55. The number of sulfonamides is 1. The average Bonchev–Trinajstić information content (AvgIpc) is 2.45. The lowest BCUT2D eigenvalue weighted by atomic mass is 10.2. The summed E-state index contributed by atoms with van der Waals surface area (Å²) in [5, 5.41) is -0.539. The van der Waals surface area contributed by atoms with Crippen molar-refractivity contribution in [1.29, 1.82) is 0 Å². The molecule has 1 aliphatic rings. The number of rotatable bonds is 5. The molecule has 10 heteroatoms. The Morgan fingerprint density at radius 1 is 1.28 bits per heavy atom. The smallest absolute Gasteiger partial charge is 0.373 e. The lowest BCUT2D eigenvalue weighted by molar-refractivity contribution is -0.137. The van der Waals surface area contributed by atoms with Crippen LogP contribution in [0.15, 0.2) is 23.1 Å². The van der Waals surface area contributed by atoms with Crippen LogP contribution in [0.25, 0.3) is 0 Å². The molecule has 5 nitrogen and oxygen atoms in total. The second kappa shape index (κ2) is 7.79. The maximum absolute atomic E-state index is 12.9. The average molecular weight is 401 g/mol. The molecule has 2 rings (SSSR count). The van der Waals surface area contributed by atoms with Crippen molar-refractivity contribution < 1.29 is 26.3 Å². The maximum Gasteiger partial charge on any atom is 0.417 e. The highest BCUT2D eigenvalue weighted by atomic mass is 35.5. The normalized spacial score (nSPS) is 23.0. The third-order valence-electron chi connectivity index (χ3n) is 3.77. The predicted octanol–water partition coefficient (Wildman–Crippen LogP) is 2.75. The van der Waals surface area contributed by atoms with Crippen molar-refractivity contribution in [1.82, 2.24) is 9.62 Å². The molecule has 1 aromatic rings. The zero-order valence-corrected chi connectivity index (χ0v) is 15.4. The van der Waals surface area contributed by atoms with E-state index in [1.165, 1.54) is 0 Å². The van der Waals surface area contributed by atoms with Gasteiger partial charge in [0.15, 0.2) is 0 Å². The number of morpholine rings is 1. The Hall–Kier alpha value is -0.870. The van der Waals surface area contributed by atoms with E-state index >= 15 is 0 Å². The Morgan fingerprint density at radius 3 is 2.44 bits per heavy atom. The Balaban J connectivity index is 2.02. The van der Waals surface area contributed by atoms with Crippen LogP contribution in [0, 0.1) is 0 Å². The molecule has 1 saturated heterocycles. The molecular formula is C15H20ClF3N2O3S. The van der Waals surface area contributed by atoms with E-state index in [0.717, 1.165) is 12.1 Å². The summed E-state index contributed by atoms with van der Waals surface area (Å²) in [5.41, 5.74) is -1.17. The molecule has 1 heterocycles. The Bertz CT molecular complexity index is 702. The minimum atomic E-state index is -4.72. The van der Waals surface area contributed by atoms with Gasteiger partial charge in [-0.3, -0.25) is 4.90 Å². The van der Waals surface area contributed by atoms with Gasteiger partial charge in [-0.2, -0.15) is 13.2 Å². The first kappa shape index (κ1) is 20.4. The Kier molecular flexibility index (Phi) is 6.37. The van der Waals surface area contributed by atoms with E-state index in [1.54, 1.807) is 0 Å². The van der Waals surface area contributed by atoms with Crippen LogP contribution >= 0.6 is 11.6 Å². The van der Waals surface area contributed by atoms with Gasteiger partial charge in [0.05, 0.1) is 27.7 Å². The second-order valence-electron chi connectivity index (χ2n) is 6.05. The topological polar surface area (TPSA) is 58.6 Å². The van der Waals surface area contributed by atoms with Gasteiger partial charge in [0.1, 0.15) is 0 Å². The highest BCUT2D eigenvalue weighted by Crippen LogP contribution is 2.35. The summed E-state index contributed by atoms with van der Waals surface area (Å²) >= 11 is 5.51. The van der Waals surface area contributed by atoms with Gasteiger partial charge in [0, 0.05) is 26.2 Å². The van der Waals surface area contributed by atoms with Crippen molar-refractivity contribution in [2.24, 2.45) is 0 Å². The molecule has 0 aliphatic carbocycles. The van der Waals surface area contributed by atoms with Gasteiger partial charge in [0.2, 0.25) is 10.0 Å². The van der Waals surface area contributed by atoms with Gasteiger partial charge < -0.3 is 4.74 Å². The fourth-order valence-corrected chi connectivity index (χ4v) is 4.05. The van der Waals surface area contributed by atoms with Crippen LogP contribution in [0.3, 0.4) is 0 Å². The zero-order valence-electron chi connectivity index (χ0n) is 13.8. The number of benzene rings is 1. The first-order valence-electron chi connectivity index (χ1n) is 7.73. The van der Waals surface area contributed by atoms with Crippen LogP contribution in [-0.2, 0) is 20.9 Å². The SMILES string of the molecule is CC1CN(CCNS(=O)(=O)c2ccc(Cl)c(C(F)(F)F)c2)CC(C)O1. The lowest BCUT2D eigenvalue weighted by Gasteiger charge is -2.35. The van der Waals surface area contributed by atoms with Crippen LogP contribution in [0.1, 0.15) is 19.4 Å². The van der Waals surface area contributed by atoms with Gasteiger partial charge in [-0.25, -0.2) is 13.1 Å². The molecule has 2 atom stereocenters. The van der Waals surface area contributed by atoms with E-state index in [4.69, 9.17) is 16.3 Å². The molecule has 1 fully saturated rings. The van der Waals surface area contributed by atoms with Crippen molar-refractivity contribution in [2.75, 3.05) is 26.2 Å². The van der Waals surface area contributed by atoms with Crippen LogP contribution < -0.4 is 4.72 Å². The van der Waals surface area contributed by atoms with Crippen molar-refractivity contribution in [3.05, 3.63) is 28.8 Å². The first-order chi connectivity index (χ1) is 11.5. The summed E-state index contributed by atoms with van der Waals surface area (Å²) < 4.78 is 71.0. The molecule has 0 aromatic heterocycles. The molecule has 1 aromatic carbocycles. The molecule has 1 N–H and O–H groups in total. The van der Waals surface area contributed by atoms with Gasteiger partial charge in [-0.1, -0.05) is 11.6 Å². The van der Waals surface area contributed by atoms with Crippen molar-refractivity contribution in [3.8, 4) is 0 Å². The summed E-state index contributed by atoms with van der Waals surface area (Å²) in [6.45, 7) is 5.73. The number of hydrogen-bond donors (Lipinski definition) is 1. The van der Waals surface area contributed by atoms with Crippen LogP contribution in [0.4, 0.5) is 13.2 Å². The Morgan fingerprint density at radius 2 is 1.88 bits per heavy atom. The van der Waals surface area contributed by atoms with Gasteiger partial charge in [-0.15, -0.1) is 0 Å². The number of nitrogens with zero attached hydrogens (tertiary/aromatic N) is 1. The van der Waals surface area contributed by atoms with E-state index in [1.807, 2.05) is 18.7 Å². The van der Waals surface area contributed by atoms with Gasteiger partial charge in [-0.05, 0) is 32.0 Å². The van der Waals surface area contributed by atoms with Gasteiger partial charge in [0.25, 0.3) is 0 Å². The maximum atomic E-state index is 12.9.